The van der Waals surface area contributed by atoms with Crippen LogP contribution in [-0.4, -0.2) is 57.0 Å². The average Bonchev–Trinajstić information content (AvgIpc) is 2.83. The second kappa shape index (κ2) is 6.21. The third-order valence-electron chi connectivity index (χ3n) is 3.48. The van der Waals surface area contributed by atoms with Crippen LogP contribution in [0.5, 0.6) is 0 Å². The fourth-order valence-corrected chi connectivity index (χ4v) is 2.33. The van der Waals surface area contributed by atoms with Crippen molar-refractivity contribution in [2.24, 2.45) is 5.92 Å². The van der Waals surface area contributed by atoms with Crippen molar-refractivity contribution in [3.8, 4) is 0 Å². The van der Waals surface area contributed by atoms with Gasteiger partial charge in [-0.15, -0.1) is 0 Å². The van der Waals surface area contributed by atoms with E-state index in [0.29, 0.717) is 12.5 Å². The Morgan fingerprint density at radius 1 is 1.24 bits per heavy atom. The van der Waals surface area contributed by atoms with Crippen LogP contribution in [-0.2, 0) is 9.47 Å². The minimum atomic E-state index is 0.0204. The lowest BCUT2D eigenvalue weighted by Crippen LogP contribution is -2.45. The topological polar surface area (TPSA) is 50.8 Å². The number of ether oxygens (including phenoxy) is 2. The first-order chi connectivity index (χ1) is 8.25. The lowest BCUT2D eigenvalue weighted by atomic mass is 10.00. The molecule has 17 heavy (non-hydrogen) atoms. The highest BCUT2D eigenvalue weighted by Crippen LogP contribution is 2.15. The molecular weight excluding hydrogens is 220 g/mol. The highest BCUT2D eigenvalue weighted by molar-refractivity contribution is 5.74. The molecule has 2 heterocycles. The minimum Gasteiger partial charge on any atom is -0.381 e. The van der Waals surface area contributed by atoms with E-state index in [0.717, 1.165) is 45.6 Å². The van der Waals surface area contributed by atoms with E-state index in [1.54, 1.807) is 4.90 Å². The first-order valence-corrected chi connectivity index (χ1v) is 6.43. The van der Waals surface area contributed by atoms with Gasteiger partial charge < -0.3 is 19.7 Å². The molecule has 0 aromatic carbocycles. The average molecular weight is 242 g/mol. The zero-order valence-corrected chi connectivity index (χ0v) is 10.5. The number of carbonyl (C=O) groups excluding carboxylic acids is 1. The maximum Gasteiger partial charge on any atom is 0.317 e. The molecule has 2 aliphatic heterocycles. The van der Waals surface area contributed by atoms with E-state index >= 15 is 0 Å². The van der Waals surface area contributed by atoms with Gasteiger partial charge in [-0.25, -0.2) is 4.79 Å². The summed E-state index contributed by atoms with van der Waals surface area (Å²) in [7, 11) is 1.86. The van der Waals surface area contributed by atoms with Crippen molar-refractivity contribution in [2.45, 2.75) is 25.3 Å². The fraction of sp³-hybridized carbons (Fsp3) is 0.917. The summed E-state index contributed by atoms with van der Waals surface area (Å²) in [6.45, 7) is 3.89. The molecule has 0 saturated carbocycles. The summed E-state index contributed by atoms with van der Waals surface area (Å²) in [5, 5.41) is 3.00. The van der Waals surface area contributed by atoms with E-state index in [1.807, 2.05) is 7.05 Å². The number of hydrogen-bond acceptors (Lipinski definition) is 3. The number of hydrogen-bond donors (Lipinski definition) is 1. The molecule has 5 heteroatoms. The third-order valence-corrected chi connectivity index (χ3v) is 3.48. The standard InChI is InChI=1S/C12H22N2O3/c1-14(8-10-2-5-16-6-3-10)12(15)13-11-4-7-17-9-11/h10-11H,2-9H2,1H3,(H,13,15). The van der Waals surface area contributed by atoms with Gasteiger partial charge in [0.25, 0.3) is 0 Å². The quantitative estimate of drug-likeness (QED) is 0.798. The van der Waals surface area contributed by atoms with Gasteiger partial charge in [0.2, 0.25) is 0 Å². The molecule has 1 atom stereocenters. The van der Waals surface area contributed by atoms with Gasteiger partial charge in [-0.3, -0.25) is 0 Å². The van der Waals surface area contributed by atoms with Crippen molar-refractivity contribution in [3.05, 3.63) is 0 Å². The van der Waals surface area contributed by atoms with Gasteiger partial charge in [-0.2, -0.15) is 0 Å². The van der Waals surface area contributed by atoms with Gasteiger partial charge in [0.15, 0.2) is 0 Å². The molecule has 0 bridgehead atoms. The summed E-state index contributed by atoms with van der Waals surface area (Å²) >= 11 is 0. The second-order valence-corrected chi connectivity index (χ2v) is 4.95. The predicted molar refractivity (Wildman–Crippen MR) is 63.9 cm³/mol. The van der Waals surface area contributed by atoms with E-state index in [1.165, 1.54) is 0 Å². The van der Waals surface area contributed by atoms with E-state index in [4.69, 9.17) is 9.47 Å². The normalized spacial score (nSPS) is 25.8. The Hall–Kier alpha value is -0.810. The van der Waals surface area contributed by atoms with Crippen LogP contribution in [0, 0.1) is 5.92 Å². The van der Waals surface area contributed by atoms with E-state index in [2.05, 4.69) is 5.32 Å². The number of nitrogens with zero attached hydrogens (tertiary/aromatic N) is 1. The Balaban J connectivity index is 1.70. The van der Waals surface area contributed by atoms with Crippen molar-refractivity contribution in [3.63, 3.8) is 0 Å². The SMILES string of the molecule is CN(CC1CCOCC1)C(=O)NC1CCOC1. The summed E-state index contributed by atoms with van der Waals surface area (Å²) in [5.41, 5.74) is 0. The van der Waals surface area contributed by atoms with Crippen molar-refractivity contribution >= 4 is 6.03 Å². The van der Waals surface area contributed by atoms with E-state index < -0.39 is 0 Å². The molecule has 2 fully saturated rings. The zero-order valence-electron chi connectivity index (χ0n) is 10.5. The van der Waals surface area contributed by atoms with Gasteiger partial charge in [0.1, 0.15) is 0 Å². The summed E-state index contributed by atoms with van der Waals surface area (Å²) in [6, 6.07) is 0.214. The summed E-state index contributed by atoms with van der Waals surface area (Å²) in [5.74, 6) is 0.583. The molecule has 2 aliphatic rings. The molecule has 0 aromatic heterocycles. The molecule has 0 radical (unpaired) electrons. The molecule has 0 aliphatic carbocycles. The highest BCUT2D eigenvalue weighted by Gasteiger charge is 2.22. The number of amides is 2. The Morgan fingerprint density at radius 2 is 1.94 bits per heavy atom. The Kier molecular flexibility index (Phi) is 4.62. The summed E-state index contributed by atoms with van der Waals surface area (Å²) in [6.07, 6.45) is 3.05. The van der Waals surface area contributed by atoms with Crippen LogP contribution in [0.3, 0.4) is 0 Å². The number of nitrogens with one attached hydrogen (secondary N) is 1. The van der Waals surface area contributed by atoms with Crippen molar-refractivity contribution in [1.82, 2.24) is 10.2 Å². The number of urea groups is 1. The first kappa shape index (κ1) is 12.6. The molecule has 0 aromatic rings. The fourth-order valence-electron chi connectivity index (χ4n) is 2.33. The van der Waals surface area contributed by atoms with Gasteiger partial charge in [-0.05, 0) is 25.2 Å². The lowest BCUT2D eigenvalue weighted by molar-refractivity contribution is 0.0584. The maximum atomic E-state index is 11.9. The van der Waals surface area contributed by atoms with Crippen molar-refractivity contribution in [2.75, 3.05) is 40.0 Å². The first-order valence-electron chi connectivity index (χ1n) is 6.43. The van der Waals surface area contributed by atoms with Crippen LogP contribution in [0.25, 0.3) is 0 Å². The molecule has 5 nitrogen and oxygen atoms in total. The van der Waals surface area contributed by atoms with Crippen LogP contribution < -0.4 is 5.32 Å². The minimum absolute atomic E-state index is 0.0204. The van der Waals surface area contributed by atoms with Gasteiger partial charge in [-0.1, -0.05) is 0 Å². The lowest BCUT2D eigenvalue weighted by Gasteiger charge is -2.28. The zero-order chi connectivity index (χ0) is 12.1. The second-order valence-electron chi connectivity index (χ2n) is 4.95. The smallest absolute Gasteiger partial charge is 0.317 e. The Morgan fingerprint density at radius 3 is 2.59 bits per heavy atom. The largest absolute Gasteiger partial charge is 0.381 e. The molecule has 2 saturated heterocycles. The van der Waals surface area contributed by atoms with Crippen LogP contribution >= 0.6 is 0 Å². The van der Waals surface area contributed by atoms with Crippen LogP contribution in [0.4, 0.5) is 4.79 Å². The maximum absolute atomic E-state index is 11.9. The summed E-state index contributed by atoms with van der Waals surface area (Å²) in [4.78, 5) is 13.7. The van der Waals surface area contributed by atoms with Crippen LogP contribution in [0.1, 0.15) is 19.3 Å². The van der Waals surface area contributed by atoms with E-state index in [9.17, 15) is 4.79 Å². The molecule has 0 spiro atoms. The van der Waals surface area contributed by atoms with Gasteiger partial charge in [0, 0.05) is 33.4 Å². The molecule has 98 valence electrons. The molecular formula is C12H22N2O3. The van der Waals surface area contributed by atoms with Gasteiger partial charge >= 0.3 is 6.03 Å². The van der Waals surface area contributed by atoms with Crippen LogP contribution in [0.2, 0.25) is 0 Å². The molecule has 2 rings (SSSR count). The Bertz CT molecular complexity index is 248. The molecule has 2 amide bonds. The Labute approximate surface area is 102 Å². The van der Waals surface area contributed by atoms with E-state index in [-0.39, 0.29) is 12.1 Å². The van der Waals surface area contributed by atoms with Crippen molar-refractivity contribution in [1.29, 1.82) is 0 Å². The van der Waals surface area contributed by atoms with Crippen molar-refractivity contribution < 1.29 is 14.3 Å². The highest BCUT2D eigenvalue weighted by atomic mass is 16.5. The summed E-state index contributed by atoms with van der Waals surface area (Å²) < 4.78 is 10.6. The number of carbonyl (C=O) groups is 1. The third kappa shape index (κ3) is 3.85. The number of rotatable bonds is 3. The predicted octanol–water partition coefficient (Wildman–Crippen LogP) is 0.843. The molecule has 1 N–H and O–H groups in total. The molecule has 1 unspecified atom stereocenters. The van der Waals surface area contributed by atoms with Gasteiger partial charge in [0.05, 0.1) is 12.6 Å². The van der Waals surface area contributed by atoms with Crippen LogP contribution in [0.15, 0.2) is 0 Å². The monoisotopic (exact) mass is 242 g/mol.